The van der Waals surface area contributed by atoms with Gasteiger partial charge in [0, 0.05) is 18.6 Å². The molecule has 2 atom stereocenters. The number of benzene rings is 1. The molecule has 2 rings (SSSR count). The van der Waals surface area contributed by atoms with Crippen molar-refractivity contribution in [3.05, 3.63) is 35.4 Å². The molecule has 2 N–H and O–H groups in total. The monoisotopic (exact) mass is 260 g/mol. The molecule has 0 aliphatic carbocycles. The van der Waals surface area contributed by atoms with Crippen LogP contribution in [0.5, 0.6) is 0 Å². The predicted molar refractivity (Wildman–Crippen MR) is 82.2 cm³/mol. The van der Waals surface area contributed by atoms with Crippen molar-refractivity contribution in [2.45, 2.75) is 52.6 Å². The molecule has 0 aromatic heterocycles. The molecule has 19 heavy (non-hydrogen) atoms. The number of aryl methyl sites for hydroxylation is 1. The second kappa shape index (κ2) is 5.64. The Balaban J connectivity index is 2.24. The Labute approximate surface area is 118 Å². The van der Waals surface area contributed by atoms with Crippen LogP contribution in [0.15, 0.2) is 24.3 Å². The van der Waals surface area contributed by atoms with Crippen LogP contribution >= 0.6 is 0 Å². The van der Waals surface area contributed by atoms with E-state index < -0.39 is 0 Å². The highest BCUT2D eigenvalue weighted by molar-refractivity contribution is 5.25. The Morgan fingerprint density at radius 2 is 1.89 bits per heavy atom. The molecule has 2 nitrogen and oxygen atoms in total. The van der Waals surface area contributed by atoms with Gasteiger partial charge in [0.15, 0.2) is 0 Å². The third-order valence-corrected chi connectivity index (χ3v) is 4.40. The van der Waals surface area contributed by atoms with Gasteiger partial charge in [-0.1, -0.05) is 50.6 Å². The first-order valence-corrected chi connectivity index (χ1v) is 7.49. The van der Waals surface area contributed by atoms with Crippen molar-refractivity contribution in [1.29, 1.82) is 0 Å². The highest BCUT2D eigenvalue weighted by Gasteiger charge is 2.35. The molecule has 1 fully saturated rings. The van der Waals surface area contributed by atoms with Gasteiger partial charge in [-0.2, -0.15) is 0 Å². The molecule has 1 aliphatic heterocycles. The van der Waals surface area contributed by atoms with Crippen molar-refractivity contribution in [3.63, 3.8) is 0 Å². The summed E-state index contributed by atoms with van der Waals surface area (Å²) in [6.45, 7) is 11.4. The van der Waals surface area contributed by atoms with E-state index >= 15 is 0 Å². The van der Waals surface area contributed by atoms with E-state index in [4.69, 9.17) is 5.73 Å². The Kier molecular flexibility index (Phi) is 4.32. The fourth-order valence-corrected chi connectivity index (χ4v) is 3.11. The lowest BCUT2D eigenvalue weighted by molar-refractivity contribution is 0.189. The number of nitrogens with two attached hydrogens (primary N) is 1. The average Bonchev–Trinajstić information content (AvgIpc) is 2.72. The lowest BCUT2D eigenvalue weighted by Crippen LogP contribution is -2.40. The van der Waals surface area contributed by atoms with Crippen molar-refractivity contribution in [3.8, 4) is 0 Å². The first-order valence-electron chi connectivity index (χ1n) is 7.49. The first-order chi connectivity index (χ1) is 8.93. The van der Waals surface area contributed by atoms with Crippen LogP contribution in [0.2, 0.25) is 0 Å². The number of hydrogen-bond donors (Lipinski definition) is 1. The predicted octanol–water partition coefficient (Wildman–Crippen LogP) is 3.51. The summed E-state index contributed by atoms with van der Waals surface area (Å²) in [4.78, 5) is 2.58. The molecule has 2 unspecified atom stereocenters. The molecule has 1 heterocycles. The SMILES string of the molecule is CCC(N)C(c1ccc(C)cc1)N1CCC(C)(C)C1. The molecule has 0 radical (unpaired) electrons. The molecule has 0 spiro atoms. The highest BCUT2D eigenvalue weighted by Crippen LogP contribution is 2.36. The minimum atomic E-state index is 0.219. The molecule has 106 valence electrons. The van der Waals surface area contributed by atoms with Crippen molar-refractivity contribution in [2.75, 3.05) is 13.1 Å². The minimum Gasteiger partial charge on any atom is -0.326 e. The van der Waals surface area contributed by atoms with Gasteiger partial charge in [0.25, 0.3) is 0 Å². The third-order valence-electron chi connectivity index (χ3n) is 4.40. The fraction of sp³-hybridized carbons (Fsp3) is 0.647. The van der Waals surface area contributed by atoms with Gasteiger partial charge in [0.1, 0.15) is 0 Å². The summed E-state index contributed by atoms with van der Waals surface area (Å²) in [5.74, 6) is 0. The van der Waals surface area contributed by atoms with E-state index in [0.29, 0.717) is 11.5 Å². The van der Waals surface area contributed by atoms with Crippen LogP contribution in [0.4, 0.5) is 0 Å². The quantitative estimate of drug-likeness (QED) is 0.897. The topological polar surface area (TPSA) is 29.3 Å². The maximum Gasteiger partial charge on any atom is 0.0499 e. The maximum absolute atomic E-state index is 6.41. The Bertz CT molecular complexity index is 408. The lowest BCUT2D eigenvalue weighted by atomic mass is 9.92. The van der Waals surface area contributed by atoms with Gasteiger partial charge in [-0.05, 0) is 37.3 Å². The van der Waals surface area contributed by atoms with Crippen LogP contribution in [0.3, 0.4) is 0 Å². The summed E-state index contributed by atoms with van der Waals surface area (Å²) in [6.07, 6.45) is 2.29. The van der Waals surface area contributed by atoms with Crippen LogP contribution in [-0.4, -0.2) is 24.0 Å². The molecule has 1 aromatic rings. The van der Waals surface area contributed by atoms with Gasteiger partial charge in [-0.25, -0.2) is 0 Å². The summed E-state index contributed by atoms with van der Waals surface area (Å²) in [5.41, 5.74) is 9.53. The van der Waals surface area contributed by atoms with E-state index in [1.54, 1.807) is 0 Å². The van der Waals surface area contributed by atoms with E-state index in [9.17, 15) is 0 Å². The van der Waals surface area contributed by atoms with Crippen LogP contribution in [0.1, 0.15) is 50.8 Å². The van der Waals surface area contributed by atoms with Crippen LogP contribution < -0.4 is 5.73 Å². The second-order valence-corrected chi connectivity index (χ2v) is 6.81. The lowest BCUT2D eigenvalue weighted by Gasteiger charge is -2.33. The standard InChI is InChI=1S/C17H28N2/c1-5-15(18)16(14-8-6-13(2)7-9-14)19-11-10-17(3,4)12-19/h6-9,15-16H,5,10-12,18H2,1-4H3. The summed E-state index contributed by atoms with van der Waals surface area (Å²) in [7, 11) is 0. The summed E-state index contributed by atoms with van der Waals surface area (Å²) >= 11 is 0. The zero-order chi connectivity index (χ0) is 14.0. The Hall–Kier alpha value is -0.860. The van der Waals surface area contributed by atoms with Crippen molar-refractivity contribution in [1.82, 2.24) is 4.90 Å². The molecule has 0 saturated carbocycles. The van der Waals surface area contributed by atoms with Crippen LogP contribution in [0, 0.1) is 12.3 Å². The molecule has 0 bridgehead atoms. The van der Waals surface area contributed by atoms with Gasteiger partial charge in [-0.15, -0.1) is 0 Å². The zero-order valence-corrected chi connectivity index (χ0v) is 12.8. The third kappa shape index (κ3) is 3.37. The average molecular weight is 260 g/mol. The molecular formula is C17H28N2. The van der Waals surface area contributed by atoms with Crippen LogP contribution in [-0.2, 0) is 0 Å². The second-order valence-electron chi connectivity index (χ2n) is 6.81. The number of rotatable bonds is 4. The number of likely N-dealkylation sites (tertiary alicyclic amines) is 1. The largest absolute Gasteiger partial charge is 0.326 e. The van der Waals surface area contributed by atoms with E-state index in [0.717, 1.165) is 13.0 Å². The van der Waals surface area contributed by atoms with Crippen molar-refractivity contribution >= 4 is 0 Å². The van der Waals surface area contributed by atoms with Gasteiger partial charge < -0.3 is 5.73 Å². The Morgan fingerprint density at radius 3 is 2.37 bits per heavy atom. The summed E-state index contributed by atoms with van der Waals surface area (Å²) in [5, 5.41) is 0. The normalized spacial score (nSPS) is 22.4. The van der Waals surface area contributed by atoms with Crippen molar-refractivity contribution in [2.24, 2.45) is 11.1 Å². The first kappa shape index (κ1) is 14.5. The molecule has 2 heteroatoms. The van der Waals surface area contributed by atoms with Gasteiger partial charge >= 0.3 is 0 Å². The smallest absolute Gasteiger partial charge is 0.0499 e. The molecule has 0 amide bonds. The highest BCUT2D eigenvalue weighted by atomic mass is 15.2. The van der Waals surface area contributed by atoms with Crippen molar-refractivity contribution < 1.29 is 0 Å². The van der Waals surface area contributed by atoms with E-state index in [-0.39, 0.29) is 6.04 Å². The Morgan fingerprint density at radius 1 is 1.26 bits per heavy atom. The zero-order valence-electron chi connectivity index (χ0n) is 12.8. The minimum absolute atomic E-state index is 0.219. The molecular weight excluding hydrogens is 232 g/mol. The number of hydrogen-bond acceptors (Lipinski definition) is 2. The maximum atomic E-state index is 6.41. The summed E-state index contributed by atoms with van der Waals surface area (Å²) in [6, 6.07) is 9.49. The van der Waals surface area contributed by atoms with Crippen LogP contribution in [0.25, 0.3) is 0 Å². The number of nitrogens with zero attached hydrogens (tertiary/aromatic N) is 1. The molecule has 1 saturated heterocycles. The molecule has 1 aliphatic rings. The van der Waals surface area contributed by atoms with E-state index in [1.165, 1.54) is 24.1 Å². The summed E-state index contributed by atoms with van der Waals surface area (Å²) < 4.78 is 0. The molecule has 1 aromatic carbocycles. The van der Waals surface area contributed by atoms with Gasteiger partial charge in [0.05, 0.1) is 0 Å². The van der Waals surface area contributed by atoms with E-state index in [2.05, 4.69) is 56.9 Å². The van der Waals surface area contributed by atoms with Gasteiger partial charge in [0.2, 0.25) is 0 Å². The van der Waals surface area contributed by atoms with Gasteiger partial charge in [-0.3, -0.25) is 4.90 Å². The van der Waals surface area contributed by atoms with E-state index in [1.807, 2.05) is 0 Å². The fourth-order valence-electron chi connectivity index (χ4n) is 3.11.